The van der Waals surface area contributed by atoms with Crippen LogP contribution >= 0.6 is 0 Å². The van der Waals surface area contributed by atoms with Crippen LogP contribution in [-0.4, -0.2) is 12.8 Å². The summed E-state index contributed by atoms with van der Waals surface area (Å²) in [6.45, 7) is 3.02. The standard InChI is InChI=1S/C22H25NO/c1-3-5-6-7-8-17-24-22-15-11-20(12-16-22)18-23-21-13-9-19(4-2)10-14-21/h2,9-16,18H,3,5-8,17H2,1H3. The van der Waals surface area contributed by atoms with Crippen LogP contribution in [0, 0.1) is 12.3 Å². The maximum atomic E-state index is 5.77. The molecule has 0 N–H and O–H groups in total. The first-order valence-corrected chi connectivity index (χ1v) is 8.65. The molecule has 0 fully saturated rings. The van der Waals surface area contributed by atoms with Gasteiger partial charge in [0.25, 0.3) is 0 Å². The molecule has 0 aromatic heterocycles. The molecule has 2 heteroatoms. The molecule has 0 amide bonds. The van der Waals surface area contributed by atoms with Crippen LogP contribution in [0.2, 0.25) is 0 Å². The molecule has 24 heavy (non-hydrogen) atoms. The van der Waals surface area contributed by atoms with Crippen molar-refractivity contribution >= 4 is 11.9 Å². The lowest BCUT2D eigenvalue weighted by Crippen LogP contribution is -1.97. The summed E-state index contributed by atoms with van der Waals surface area (Å²) in [5, 5.41) is 0. The average Bonchev–Trinajstić information content (AvgIpc) is 2.64. The predicted octanol–water partition coefficient (Wildman–Crippen LogP) is 5.77. The van der Waals surface area contributed by atoms with E-state index in [2.05, 4.69) is 17.8 Å². The number of nitrogens with zero attached hydrogens (tertiary/aromatic N) is 1. The second kappa shape index (κ2) is 10.3. The van der Waals surface area contributed by atoms with Crippen molar-refractivity contribution in [1.82, 2.24) is 0 Å². The maximum Gasteiger partial charge on any atom is 0.119 e. The summed E-state index contributed by atoms with van der Waals surface area (Å²) in [6, 6.07) is 15.7. The number of terminal acetylenes is 1. The molecule has 0 aliphatic rings. The fourth-order valence-electron chi connectivity index (χ4n) is 2.34. The summed E-state index contributed by atoms with van der Waals surface area (Å²) < 4.78 is 5.77. The Bertz CT molecular complexity index is 663. The Hall–Kier alpha value is -2.53. The van der Waals surface area contributed by atoms with E-state index in [-0.39, 0.29) is 0 Å². The molecule has 0 atom stereocenters. The molecule has 0 aliphatic heterocycles. The van der Waals surface area contributed by atoms with Crippen molar-refractivity contribution in [1.29, 1.82) is 0 Å². The summed E-state index contributed by atoms with van der Waals surface area (Å²) >= 11 is 0. The van der Waals surface area contributed by atoms with E-state index in [4.69, 9.17) is 11.2 Å². The van der Waals surface area contributed by atoms with E-state index >= 15 is 0 Å². The van der Waals surface area contributed by atoms with E-state index in [0.29, 0.717) is 0 Å². The summed E-state index contributed by atoms with van der Waals surface area (Å²) in [5.74, 6) is 3.52. The molecule has 0 radical (unpaired) electrons. The molecule has 0 aliphatic carbocycles. The minimum Gasteiger partial charge on any atom is -0.494 e. The first-order chi connectivity index (χ1) is 11.8. The van der Waals surface area contributed by atoms with Gasteiger partial charge in [-0.15, -0.1) is 6.42 Å². The van der Waals surface area contributed by atoms with Gasteiger partial charge < -0.3 is 4.74 Å². The van der Waals surface area contributed by atoms with E-state index in [1.807, 2.05) is 54.7 Å². The second-order valence-electron chi connectivity index (χ2n) is 5.78. The highest BCUT2D eigenvalue weighted by Gasteiger charge is 1.95. The number of hydrogen-bond donors (Lipinski definition) is 0. The molecule has 2 aromatic rings. The lowest BCUT2D eigenvalue weighted by atomic mass is 10.2. The van der Waals surface area contributed by atoms with Crippen molar-refractivity contribution in [3.8, 4) is 18.1 Å². The van der Waals surface area contributed by atoms with Gasteiger partial charge in [-0.05, 0) is 60.5 Å². The first-order valence-electron chi connectivity index (χ1n) is 8.65. The Kier molecular flexibility index (Phi) is 7.63. The largest absolute Gasteiger partial charge is 0.494 e. The fourth-order valence-corrected chi connectivity index (χ4v) is 2.34. The molecule has 2 nitrogen and oxygen atoms in total. The molecule has 124 valence electrons. The minimum absolute atomic E-state index is 0.790. The minimum atomic E-state index is 0.790. The van der Waals surface area contributed by atoms with Crippen molar-refractivity contribution in [3.05, 3.63) is 59.7 Å². The summed E-state index contributed by atoms with van der Waals surface area (Å²) in [4.78, 5) is 4.45. The summed E-state index contributed by atoms with van der Waals surface area (Å²) in [6.07, 6.45) is 13.5. The zero-order valence-electron chi connectivity index (χ0n) is 14.4. The Morgan fingerprint density at radius 2 is 1.67 bits per heavy atom. The van der Waals surface area contributed by atoms with Gasteiger partial charge in [-0.2, -0.15) is 0 Å². The van der Waals surface area contributed by atoms with Crippen molar-refractivity contribution in [2.45, 2.75) is 39.0 Å². The van der Waals surface area contributed by atoms with Crippen LogP contribution in [-0.2, 0) is 0 Å². The summed E-state index contributed by atoms with van der Waals surface area (Å²) in [7, 11) is 0. The van der Waals surface area contributed by atoms with E-state index < -0.39 is 0 Å². The molecule has 0 unspecified atom stereocenters. The highest BCUT2D eigenvalue weighted by atomic mass is 16.5. The monoisotopic (exact) mass is 319 g/mol. The molecule has 0 spiro atoms. The molecular weight excluding hydrogens is 294 g/mol. The SMILES string of the molecule is C#Cc1ccc(N=Cc2ccc(OCCCCCCC)cc2)cc1. The van der Waals surface area contributed by atoms with Crippen molar-refractivity contribution in [2.75, 3.05) is 6.61 Å². The number of unbranched alkanes of at least 4 members (excludes halogenated alkanes) is 4. The van der Waals surface area contributed by atoms with Crippen LogP contribution in [0.3, 0.4) is 0 Å². The van der Waals surface area contributed by atoms with Crippen LogP contribution in [0.25, 0.3) is 0 Å². The van der Waals surface area contributed by atoms with E-state index in [1.54, 1.807) is 0 Å². The van der Waals surface area contributed by atoms with Crippen LogP contribution in [0.1, 0.15) is 50.2 Å². The Balaban J connectivity index is 1.78. The van der Waals surface area contributed by atoms with Crippen LogP contribution in [0.4, 0.5) is 5.69 Å². The number of rotatable bonds is 9. The lowest BCUT2D eigenvalue weighted by molar-refractivity contribution is 0.304. The lowest BCUT2D eigenvalue weighted by Gasteiger charge is -2.06. The van der Waals surface area contributed by atoms with Crippen molar-refractivity contribution in [3.63, 3.8) is 0 Å². The van der Waals surface area contributed by atoms with E-state index in [9.17, 15) is 0 Å². The van der Waals surface area contributed by atoms with Gasteiger partial charge in [-0.1, -0.05) is 38.5 Å². The molecule has 2 aromatic carbocycles. The second-order valence-corrected chi connectivity index (χ2v) is 5.78. The summed E-state index contributed by atoms with van der Waals surface area (Å²) in [5.41, 5.74) is 2.80. The topological polar surface area (TPSA) is 21.6 Å². The third kappa shape index (κ3) is 6.30. The Morgan fingerprint density at radius 3 is 2.33 bits per heavy atom. The van der Waals surface area contributed by atoms with Gasteiger partial charge in [-0.3, -0.25) is 4.99 Å². The maximum absolute atomic E-state index is 5.77. The van der Waals surface area contributed by atoms with Crippen LogP contribution in [0.5, 0.6) is 5.75 Å². The Labute approximate surface area is 145 Å². The van der Waals surface area contributed by atoms with Crippen LogP contribution < -0.4 is 4.74 Å². The number of hydrogen-bond acceptors (Lipinski definition) is 2. The van der Waals surface area contributed by atoms with Gasteiger partial charge in [0.2, 0.25) is 0 Å². The van der Waals surface area contributed by atoms with Gasteiger partial charge in [0, 0.05) is 11.8 Å². The molecule has 2 rings (SSSR count). The first kappa shape index (κ1) is 17.8. The zero-order chi connectivity index (χ0) is 17.0. The van der Waals surface area contributed by atoms with Crippen molar-refractivity contribution < 1.29 is 4.74 Å². The molecule has 0 saturated heterocycles. The zero-order valence-corrected chi connectivity index (χ0v) is 14.4. The third-order valence-electron chi connectivity index (χ3n) is 3.79. The third-order valence-corrected chi connectivity index (χ3v) is 3.79. The molecule has 0 heterocycles. The van der Waals surface area contributed by atoms with E-state index in [0.717, 1.165) is 35.6 Å². The van der Waals surface area contributed by atoms with Gasteiger partial charge in [0.05, 0.1) is 12.3 Å². The number of aliphatic imine (C=N–C) groups is 1. The normalized spacial score (nSPS) is 10.7. The highest BCUT2D eigenvalue weighted by molar-refractivity contribution is 5.82. The molecule has 0 saturated carbocycles. The fraction of sp³-hybridized carbons (Fsp3) is 0.318. The number of benzene rings is 2. The number of ether oxygens (including phenoxy) is 1. The predicted molar refractivity (Wildman–Crippen MR) is 102 cm³/mol. The van der Waals surface area contributed by atoms with Gasteiger partial charge in [0.15, 0.2) is 0 Å². The molecule has 0 bridgehead atoms. The van der Waals surface area contributed by atoms with Crippen LogP contribution in [0.15, 0.2) is 53.5 Å². The Morgan fingerprint density at radius 1 is 0.958 bits per heavy atom. The van der Waals surface area contributed by atoms with Gasteiger partial charge in [0.1, 0.15) is 5.75 Å². The smallest absolute Gasteiger partial charge is 0.119 e. The highest BCUT2D eigenvalue weighted by Crippen LogP contribution is 2.15. The van der Waals surface area contributed by atoms with Gasteiger partial charge in [-0.25, -0.2) is 0 Å². The van der Waals surface area contributed by atoms with Crippen molar-refractivity contribution in [2.24, 2.45) is 4.99 Å². The average molecular weight is 319 g/mol. The molecular formula is C22H25NO. The van der Waals surface area contributed by atoms with Gasteiger partial charge >= 0.3 is 0 Å². The quantitative estimate of drug-likeness (QED) is 0.327. The van der Waals surface area contributed by atoms with E-state index in [1.165, 1.54) is 25.7 Å².